The Labute approximate surface area is 80.7 Å². The zero-order chi connectivity index (χ0) is 10.7. The highest BCUT2D eigenvalue weighted by molar-refractivity contribution is 6.59. The van der Waals surface area contributed by atoms with E-state index in [1.165, 1.54) is 13.2 Å². The van der Waals surface area contributed by atoms with Gasteiger partial charge in [-0.1, -0.05) is 6.07 Å². The van der Waals surface area contributed by atoms with E-state index in [0.717, 1.165) is 6.07 Å². The molecule has 0 aliphatic heterocycles. The summed E-state index contributed by atoms with van der Waals surface area (Å²) in [5.74, 6) is -0.959. The number of methoxy groups -OCH3 is 1. The monoisotopic (exact) mass is 200 g/mol. The molecule has 0 heterocycles. The van der Waals surface area contributed by atoms with Crippen LogP contribution in [-0.2, 0) is 6.61 Å². The first kappa shape index (κ1) is 11.0. The quantitative estimate of drug-likeness (QED) is 0.547. The second kappa shape index (κ2) is 4.41. The summed E-state index contributed by atoms with van der Waals surface area (Å²) in [4.78, 5) is 0. The van der Waals surface area contributed by atoms with E-state index in [4.69, 9.17) is 15.2 Å². The van der Waals surface area contributed by atoms with Gasteiger partial charge in [0, 0.05) is 5.46 Å². The zero-order valence-corrected chi connectivity index (χ0v) is 7.57. The molecular weight excluding hydrogens is 190 g/mol. The molecule has 0 aliphatic rings. The minimum atomic E-state index is -1.83. The molecule has 0 fully saturated rings. The molecule has 0 atom stereocenters. The topological polar surface area (TPSA) is 69.9 Å². The van der Waals surface area contributed by atoms with E-state index in [0.29, 0.717) is 0 Å². The molecule has 0 unspecified atom stereocenters. The predicted molar refractivity (Wildman–Crippen MR) is 48.7 cm³/mol. The Bertz CT molecular complexity index is 329. The first-order chi connectivity index (χ1) is 6.60. The third-order valence-corrected chi connectivity index (χ3v) is 1.80. The van der Waals surface area contributed by atoms with E-state index >= 15 is 0 Å². The van der Waals surface area contributed by atoms with Gasteiger partial charge in [0.05, 0.1) is 13.7 Å². The van der Waals surface area contributed by atoms with Crippen LogP contribution in [0.1, 0.15) is 5.56 Å². The van der Waals surface area contributed by atoms with Crippen molar-refractivity contribution < 1.29 is 24.3 Å². The maximum absolute atomic E-state index is 13.2. The van der Waals surface area contributed by atoms with Crippen LogP contribution in [0.25, 0.3) is 0 Å². The molecule has 0 spiro atoms. The van der Waals surface area contributed by atoms with E-state index in [-0.39, 0.29) is 23.4 Å². The molecule has 14 heavy (non-hydrogen) atoms. The van der Waals surface area contributed by atoms with Crippen LogP contribution in [0, 0.1) is 5.82 Å². The number of halogens is 1. The summed E-state index contributed by atoms with van der Waals surface area (Å²) >= 11 is 0. The van der Waals surface area contributed by atoms with Gasteiger partial charge in [-0.05, 0) is 11.6 Å². The van der Waals surface area contributed by atoms with Gasteiger partial charge in [0.25, 0.3) is 0 Å². The molecule has 3 N–H and O–H groups in total. The van der Waals surface area contributed by atoms with Crippen molar-refractivity contribution in [2.75, 3.05) is 7.11 Å². The summed E-state index contributed by atoms with van der Waals surface area (Å²) in [6.07, 6.45) is 0. The number of benzene rings is 1. The van der Waals surface area contributed by atoms with Crippen LogP contribution >= 0.6 is 0 Å². The predicted octanol–water partition coefficient (Wildman–Crippen LogP) is -0.994. The second-order valence-electron chi connectivity index (χ2n) is 2.73. The van der Waals surface area contributed by atoms with Crippen LogP contribution in [0.2, 0.25) is 0 Å². The van der Waals surface area contributed by atoms with Gasteiger partial charge >= 0.3 is 7.12 Å². The highest BCUT2D eigenvalue weighted by Gasteiger charge is 2.21. The first-order valence-electron chi connectivity index (χ1n) is 3.93. The van der Waals surface area contributed by atoms with Crippen molar-refractivity contribution in [2.24, 2.45) is 0 Å². The van der Waals surface area contributed by atoms with Crippen LogP contribution in [0.4, 0.5) is 4.39 Å². The van der Waals surface area contributed by atoms with Gasteiger partial charge in [0.1, 0.15) is 0 Å². The normalized spacial score (nSPS) is 10.1. The molecule has 0 amide bonds. The third kappa shape index (κ3) is 2.04. The Morgan fingerprint density at radius 1 is 1.43 bits per heavy atom. The molecule has 1 aromatic rings. The number of aliphatic hydroxyl groups is 1. The number of aliphatic hydroxyl groups excluding tert-OH is 1. The lowest BCUT2D eigenvalue weighted by atomic mass is 9.78. The fraction of sp³-hybridized carbons (Fsp3) is 0.250. The van der Waals surface area contributed by atoms with Gasteiger partial charge in [-0.3, -0.25) is 0 Å². The van der Waals surface area contributed by atoms with Gasteiger partial charge in [-0.15, -0.1) is 0 Å². The summed E-state index contributed by atoms with van der Waals surface area (Å²) in [5.41, 5.74) is 0.156. The average Bonchev–Trinajstić information content (AvgIpc) is 2.16. The van der Waals surface area contributed by atoms with Gasteiger partial charge in [0.2, 0.25) is 0 Å². The molecule has 0 radical (unpaired) electrons. The Balaban J connectivity index is 3.28. The fourth-order valence-electron chi connectivity index (χ4n) is 1.17. The molecule has 0 saturated heterocycles. The zero-order valence-electron chi connectivity index (χ0n) is 7.57. The lowest BCUT2D eigenvalue weighted by molar-refractivity contribution is 0.280. The van der Waals surface area contributed by atoms with Crippen LogP contribution < -0.4 is 10.2 Å². The van der Waals surface area contributed by atoms with Gasteiger partial charge in [-0.25, -0.2) is 4.39 Å². The third-order valence-electron chi connectivity index (χ3n) is 1.80. The maximum atomic E-state index is 13.2. The maximum Gasteiger partial charge on any atom is 0.492 e. The summed E-state index contributed by atoms with van der Waals surface area (Å²) in [7, 11) is -0.603. The highest BCUT2D eigenvalue weighted by Crippen LogP contribution is 2.16. The molecule has 1 aromatic carbocycles. The highest BCUT2D eigenvalue weighted by atomic mass is 19.1. The van der Waals surface area contributed by atoms with Crippen LogP contribution in [0.5, 0.6) is 5.75 Å². The van der Waals surface area contributed by atoms with Crippen LogP contribution in [0.3, 0.4) is 0 Å². The molecule has 0 saturated carbocycles. The number of hydrogen-bond donors (Lipinski definition) is 3. The standard InChI is InChI=1S/C8H10BFO4/c1-14-8-6(9(12)13)2-5(4-11)3-7(8)10/h2-3,11-13H,4H2,1H3. The van der Waals surface area contributed by atoms with Gasteiger partial charge in [-0.2, -0.15) is 0 Å². The molecular formula is C8H10BFO4. The van der Waals surface area contributed by atoms with E-state index < -0.39 is 12.9 Å². The molecule has 1 rings (SSSR count). The SMILES string of the molecule is COc1c(F)cc(CO)cc1B(O)O. The van der Waals surface area contributed by atoms with Crippen molar-refractivity contribution in [2.45, 2.75) is 6.61 Å². The Kier molecular flexibility index (Phi) is 3.46. The fourth-order valence-corrected chi connectivity index (χ4v) is 1.17. The van der Waals surface area contributed by atoms with Crippen LogP contribution in [-0.4, -0.2) is 29.4 Å². The second-order valence-corrected chi connectivity index (χ2v) is 2.73. The minimum Gasteiger partial charge on any atom is -0.494 e. The first-order valence-corrected chi connectivity index (χ1v) is 3.93. The number of hydrogen-bond acceptors (Lipinski definition) is 4. The summed E-state index contributed by atoms with van der Waals surface area (Å²) in [5, 5.41) is 26.6. The average molecular weight is 200 g/mol. The summed E-state index contributed by atoms with van der Waals surface area (Å²) < 4.78 is 17.9. The van der Waals surface area contributed by atoms with E-state index in [2.05, 4.69) is 4.74 Å². The lowest BCUT2D eigenvalue weighted by Gasteiger charge is -2.10. The number of ether oxygens (including phenoxy) is 1. The van der Waals surface area contributed by atoms with E-state index in [1.807, 2.05) is 0 Å². The van der Waals surface area contributed by atoms with Crippen molar-refractivity contribution in [3.05, 3.63) is 23.5 Å². The number of rotatable bonds is 3. The van der Waals surface area contributed by atoms with Crippen LogP contribution in [0.15, 0.2) is 12.1 Å². The summed E-state index contributed by atoms with van der Waals surface area (Å²) in [6.45, 7) is -0.374. The van der Waals surface area contributed by atoms with E-state index in [1.54, 1.807) is 0 Å². The Hall–Kier alpha value is -1.11. The molecule has 0 bridgehead atoms. The largest absolute Gasteiger partial charge is 0.494 e. The molecule has 0 aliphatic carbocycles. The van der Waals surface area contributed by atoms with Crippen molar-refractivity contribution in [3.8, 4) is 5.75 Å². The molecule has 76 valence electrons. The van der Waals surface area contributed by atoms with Crippen molar-refractivity contribution in [3.63, 3.8) is 0 Å². The lowest BCUT2D eigenvalue weighted by Crippen LogP contribution is -2.32. The smallest absolute Gasteiger partial charge is 0.492 e. The molecule has 6 heteroatoms. The molecule has 0 aromatic heterocycles. The minimum absolute atomic E-state index is 0.100. The molecule has 4 nitrogen and oxygen atoms in total. The summed E-state index contributed by atoms with van der Waals surface area (Å²) in [6, 6.07) is 2.34. The Morgan fingerprint density at radius 2 is 2.07 bits per heavy atom. The van der Waals surface area contributed by atoms with Crippen molar-refractivity contribution >= 4 is 12.6 Å². The van der Waals surface area contributed by atoms with Gasteiger partial charge in [0.15, 0.2) is 11.6 Å². The Morgan fingerprint density at radius 3 is 2.50 bits per heavy atom. The van der Waals surface area contributed by atoms with Crippen molar-refractivity contribution in [1.29, 1.82) is 0 Å². The van der Waals surface area contributed by atoms with E-state index in [9.17, 15) is 4.39 Å². The van der Waals surface area contributed by atoms with Gasteiger partial charge < -0.3 is 19.9 Å². The van der Waals surface area contributed by atoms with Crippen molar-refractivity contribution in [1.82, 2.24) is 0 Å².